The maximum atomic E-state index is 12.7. The predicted octanol–water partition coefficient (Wildman–Crippen LogP) is 2.78. The highest BCUT2D eigenvalue weighted by atomic mass is 35.5. The molecule has 3 N–H and O–H groups in total. The van der Waals surface area contributed by atoms with Crippen molar-refractivity contribution in [1.29, 1.82) is 0 Å². The minimum Gasteiger partial charge on any atom is -0.398 e. The molecule has 0 fully saturated rings. The summed E-state index contributed by atoms with van der Waals surface area (Å²) >= 11 is 5.64. The Kier molecular flexibility index (Phi) is 4.08. The number of alkyl halides is 3. The van der Waals surface area contributed by atoms with Crippen molar-refractivity contribution in [1.82, 2.24) is 9.78 Å². The van der Waals surface area contributed by atoms with Gasteiger partial charge in [0.05, 0.1) is 16.8 Å². The van der Waals surface area contributed by atoms with Crippen molar-refractivity contribution in [3.63, 3.8) is 0 Å². The molecule has 1 aromatic carbocycles. The number of carbonyl (C=O) groups is 1. The Morgan fingerprint density at radius 2 is 2.14 bits per heavy atom. The third kappa shape index (κ3) is 3.88. The maximum absolute atomic E-state index is 12.7. The van der Waals surface area contributed by atoms with E-state index in [4.69, 9.17) is 17.3 Å². The van der Waals surface area contributed by atoms with Crippen molar-refractivity contribution in [3.05, 3.63) is 41.2 Å². The highest BCUT2D eigenvalue weighted by Gasteiger charge is 2.33. The van der Waals surface area contributed by atoms with E-state index >= 15 is 0 Å². The molecule has 112 valence electrons. The zero-order valence-corrected chi connectivity index (χ0v) is 11.2. The molecule has 0 spiro atoms. The second-order valence-electron chi connectivity index (χ2n) is 4.20. The molecule has 0 bridgehead atoms. The molecular weight excluding hydrogens is 309 g/mol. The van der Waals surface area contributed by atoms with Crippen LogP contribution in [0.25, 0.3) is 0 Å². The summed E-state index contributed by atoms with van der Waals surface area (Å²) in [5.74, 6) is -0.535. The van der Waals surface area contributed by atoms with E-state index in [0.29, 0.717) is 5.02 Å². The van der Waals surface area contributed by atoms with Gasteiger partial charge in [0.25, 0.3) is 0 Å². The molecule has 0 radical (unpaired) electrons. The monoisotopic (exact) mass is 318 g/mol. The largest absolute Gasteiger partial charge is 0.418 e. The number of nitrogens with two attached hydrogens (primary N) is 1. The van der Waals surface area contributed by atoms with Gasteiger partial charge in [0.1, 0.15) is 6.54 Å². The van der Waals surface area contributed by atoms with Crippen LogP contribution < -0.4 is 11.1 Å². The lowest BCUT2D eigenvalue weighted by Crippen LogP contribution is -2.19. The summed E-state index contributed by atoms with van der Waals surface area (Å²) in [6.07, 6.45) is -1.81. The SMILES string of the molecule is Nc1ccc(NC(=O)Cn2cc(Cl)cn2)cc1C(F)(F)F. The Morgan fingerprint density at radius 1 is 1.43 bits per heavy atom. The normalized spacial score (nSPS) is 11.4. The lowest BCUT2D eigenvalue weighted by Gasteiger charge is -2.12. The third-order valence-electron chi connectivity index (χ3n) is 2.55. The fourth-order valence-electron chi connectivity index (χ4n) is 1.65. The van der Waals surface area contributed by atoms with E-state index in [1.807, 2.05) is 0 Å². The molecule has 0 unspecified atom stereocenters. The van der Waals surface area contributed by atoms with Crippen LogP contribution in [0.2, 0.25) is 5.02 Å². The van der Waals surface area contributed by atoms with Gasteiger partial charge in [-0.25, -0.2) is 0 Å². The second kappa shape index (κ2) is 5.65. The number of amides is 1. The van der Waals surface area contributed by atoms with Gasteiger partial charge in [-0.1, -0.05) is 11.6 Å². The van der Waals surface area contributed by atoms with Crippen molar-refractivity contribution < 1.29 is 18.0 Å². The fraction of sp³-hybridized carbons (Fsp3) is 0.167. The lowest BCUT2D eigenvalue weighted by atomic mass is 10.1. The van der Waals surface area contributed by atoms with Crippen LogP contribution in [0.15, 0.2) is 30.6 Å². The molecule has 21 heavy (non-hydrogen) atoms. The molecule has 0 aliphatic heterocycles. The quantitative estimate of drug-likeness (QED) is 0.855. The first-order valence-electron chi connectivity index (χ1n) is 5.70. The number of anilines is 2. The number of benzene rings is 1. The zero-order chi connectivity index (χ0) is 15.6. The number of aromatic nitrogens is 2. The number of carbonyl (C=O) groups excluding carboxylic acids is 1. The third-order valence-corrected chi connectivity index (χ3v) is 2.74. The van der Waals surface area contributed by atoms with Crippen molar-refractivity contribution in [2.45, 2.75) is 12.7 Å². The number of halogens is 4. The van der Waals surface area contributed by atoms with E-state index < -0.39 is 23.3 Å². The summed E-state index contributed by atoms with van der Waals surface area (Å²) in [4.78, 5) is 11.7. The molecule has 0 aliphatic carbocycles. The molecule has 0 aliphatic rings. The molecule has 2 rings (SSSR count). The first-order chi connectivity index (χ1) is 9.75. The minimum absolute atomic E-state index is 0.000205. The van der Waals surface area contributed by atoms with Gasteiger partial charge in [-0.05, 0) is 18.2 Å². The first kappa shape index (κ1) is 15.2. The number of rotatable bonds is 3. The minimum atomic E-state index is -4.58. The van der Waals surface area contributed by atoms with E-state index in [-0.39, 0.29) is 12.2 Å². The fourth-order valence-corrected chi connectivity index (χ4v) is 1.81. The predicted molar refractivity (Wildman–Crippen MR) is 71.7 cm³/mol. The Labute approximate surface area is 122 Å². The molecule has 5 nitrogen and oxygen atoms in total. The Hall–Kier alpha value is -2.22. The molecule has 2 aromatic rings. The average molecular weight is 319 g/mol. The van der Waals surface area contributed by atoms with Gasteiger partial charge in [-0.15, -0.1) is 0 Å². The van der Waals surface area contributed by atoms with E-state index in [1.54, 1.807) is 0 Å². The lowest BCUT2D eigenvalue weighted by molar-refractivity contribution is -0.136. The van der Waals surface area contributed by atoms with Crippen LogP contribution in [0, 0.1) is 0 Å². The van der Waals surface area contributed by atoms with E-state index in [9.17, 15) is 18.0 Å². The van der Waals surface area contributed by atoms with Crippen LogP contribution >= 0.6 is 11.6 Å². The van der Waals surface area contributed by atoms with Crippen LogP contribution in [-0.4, -0.2) is 15.7 Å². The number of hydrogen-bond acceptors (Lipinski definition) is 3. The number of nitrogens with zero attached hydrogens (tertiary/aromatic N) is 2. The Morgan fingerprint density at radius 3 is 2.71 bits per heavy atom. The summed E-state index contributed by atoms with van der Waals surface area (Å²) in [6.45, 7) is -0.168. The van der Waals surface area contributed by atoms with Gasteiger partial charge >= 0.3 is 6.18 Å². The second-order valence-corrected chi connectivity index (χ2v) is 4.64. The molecule has 0 atom stereocenters. The summed E-state index contributed by atoms with van der Waals surface area (Å²) in [5, 5.41) is 6.49. The highest BCUT2D eigenvalue weighted by Crippen LogP contribution is 2.35. The smallest absolute Gasteiger partial charge is 0.398 e. The molecular formula is C12H10ClF3N4O. The molecule has 1 aromatic heterocycles. The average Bonchev–Trinajstić information content (AvgIpc) is 2.75. The van der Waals surface area contributed by atoms with Gasteiger partial charge in [-0.2, -0.15) is 18.3 Å². The van der Waals surface area contributed by atoms with Crippen LogP contribution in [0.3, 0.4) is 0 Å². The molecule has 9 heteroatoms. The maximum Gasteiger partial charge on any atom is 0.418 e. The van der Waals surface area contributed by atoms with E-state index in [2.05, 4.69) is 10.4 Å². The van der Waals surface area contributed by atoms with E-state index in [1.165, 1.54) is 23.1 Å². The van der Waals surface area contributed by atoms with Crippen LogP contribution in [0.4, 0.5) is 24.5 Å². The van der Waals surface area contributed by atoms with Gasteiger partial charge in [0.15, 0.2) is 0 Å². The molecule has 1 heterocycles. The topological polar surface area (TPSA) is 72.9 Å². The Balaban J connectivity index is 2.11. The van der Waals surface area contributed by atoms with Gasteiger partial charge in [0, 0.05) is 17.6 Å². The zero-order valence-electron chi connectivity index (χ0n) is 10.5. The standard InChI is InChI=1S/C12H10ClF3N4O/c13-7-4-18-20(5-7)6-11(21)19-8-1-2-10(17)9(3-8)12(14,15)16/h1-5H,6,17H2,(H,19,21). The Bertz CT molecular complexity index is 669. The number of nitrogen functional groups attached to an aromatic ring is 1. The molecule has 1 amide bonds. The molecule has 0 saturated heterocycles. The van der Waals surface area contributed by atoms with Gasteiger partial charge in [0.2, 0.25) is 5.91 Å². The van der Waals surface area contributed by atoms with Crippen molar-refractivity contribution >= 4 is 28.9 Å². The number of hydrogen-bond donors (Lipinski definition) is 2. The van der Waals surface area contributed by atoms with Gasteiger partial charge < -0.3 is 11.1 Å². The summed E-state index contributed by atoms with van der Waals surface area (Å²) in [7, 11) is 0. The van der Waals surface area contributed by atoms with Crippen LogP contribution in [0.1, 0.15) is 5.56 Å². The van der Waals surface area contributed by atoms with Crippen molar-refractivity contribution in [3.8, 4) is 0 Å². The summed E-state index contributed by atoms with van der Waals surface area (Å²) in [6, 6.07) is 3.16. The summed E-state index contributed by atoms with van der Waals surface area (Å²) < 4.78 is 39.3. The van der Waals surface area contributed by atoms with Gasteiger partial charge in [-0.3, -0.25) is 9.48 Å². The molecule has 0 saturated carbocycles. The highest BCUT2D eigenvalue weighted by molar-refractivity contribution is 6.30. The summed E-state index contributed by atoms with van der Waals surface area (Å²) in [5.41, 5.74) is 3.87. The van der Waals surface area contributed by atoms with Crippen LogP contribution in [0.5, 0.6) is 0 Å². The van der Waals surface area contributed by atoms with Crippen molar-refractivity contribution in [2.24, 2.45) is 0 Å². The van der Waals surface area contributed by atoms with Crippen molar-refractivity contribution in [2.75, 3.05) is 11.1 Å². The number of nitrogens with one attached hydrogen (secondary N) is 1. The first-order valence-corrected chi connectivity index (χ1v) is 6.08. The van der Waals surface area contributed by atoms with Crippen LogP contribution in [-0.2, 0) is 17.5 Å². The van der Waals surface area contributed by atoms with E-state index in [0.717, 1.165) is 12.1 Å².